The van der Waals surface area contributed by atoms with E-state index in [1.54, 1.807) is 24.3 Å². The van der Waals surface area contributed by atoms with Crippen LogP contribution < -0.4 is 4.74 Å². The van der Waals surface area contributed by atoms with E-state index < -0.39 is 35.3 Å². The van der Waals surface area contributed by atoms with Gasteiger partial charge < -0.3 is 19.8 Å². The molecular formula is C24H24FNO6. The maximum Gasteiger partial charge on any atom is 0.303 e. The second kappa shape index (κ2) is 10.1. The lowest BCUT2D eigenvalue weighted by molar-refractivity contribution is -0.140. The Labute approximate surface area is 184 Å². The van der Waals surface area contributed by atoms with E-state index in [2.05, 4.69) is 0 Å². The number of carboxylic acid groups (broad SMARTS) is 1. The van der Waals surface area contributed by atoms with Crippen molar-refractivity contribution in [3.63, 3.8) is 0 Å². The molecule has 1 amide bonds. The van der Waals surface area contributed by atoms with E-state index in [4.69, 9.17) is 9.84 Å². The second-order valence-electron chi connectivity index (χ2n) is 7.45. The summed E-state index contributed by atoms with van der Waals surface area (Å²) < 4.78 is 18.8. The SMILES string of the molecule is COc1ccccc1C1/C(=C(/O)c2ccc(F)cc2)C(=O)C(=O)N1CCCCCC(=O)O. The van der Waals surface area contributed by atoms with Crippen molar-refractivity contribution in [1.29, 1.82) is 0 Å². The first-order valence-corrected chi connectivity index (χ1v) is 10.2. The zero-order valence-electron chi connectivity index (χ0n) is 17.6. The van der Waals surface area contributed by atoms with Gasteiger partial charge in [-0.05, 0) is 43.2 Å². The van der Waals surface area contributed by atoms with Crippen LogP contribution >= 0.6 is 0 Å². The number of carbonyl (C=O) groups is 3. The number of carbonyl (C=O) groups excluding carboxylic acids is 2. The lowest BCUT2D eigenvalue weighted by Crippen LogP contribution is -2.31. The van der Waals surface area contributed by atoms with Gasteiger partial charge in [-0.3, -0.25) is 14.4 Å². The number of aliphatic hydroxyl groups is 1. The zero-order valence-corrected chi connectivity index (χ0v) is 17.6. The molecule has 1 unspecified atom stereocenters. The Morgan fingerprint density at radius 2 is 1.72 bits per heavy atom. The largest absolute Gasteiger partial charge is 0.507 e. The van der Waals surface area contributed by atoms with Gasteiger partial charge in [0.2, 0.25) is 0 Å². The third kappa shape index (κ3) is 4.80. The first kappa shape index (κ1) is 23.0. The molecule has 1 heterocycles. The van der Waals surface area contributed by atoms with E-state index in [1.165, 1.54) is 24.1 Å². The van der Waals surface area contributed by atoms with Gasteiger partial charge >= 0.3 is 5.97 Å². The number of carboxylic acids is 1. The number of likely N-dealkylation sites (tertiary alicyclic amines) is 1. The number of ether oxygens (including phenoxy) is 1. The van der Waals surface area contributed by atoms with Crippen molar-refractivity contribution in [1.82, 2.24) is 4.90 Å². The minimum Gasteiger partial charge on any atom is -0.507 e. The van der Waals surface area contributed by atoms with E-state index in [0.717, 1.165) is 12.1 Å². The molecule has 0 bridgehead atoms. The summed E-state index contributed by atoms with van der Waals surface area (Å²) in [4.78, 5) is 37.9. The van der Waals surface area contributed by atoms with Crippen LogP contribution in [0.15, 0.2) is 54.1 Å². The highest BCUT2D eigenvalue weighted by Gasteiger charge is 2.46. The minimum atomic E-state index is -0.893. The molecule has 7 nitrogen and oxygen atoms in total. The first-order valence-electron chi connectivity index (χ1n) is 10.2. The van der Waals surface area contributed by atoms with Gasteiger partial charge in [0, 0.05) is 24.1 Å². The topological polar surface area (TPSA) is 104 Å². The number of halogens is 1. The Morgan fingerprint density at radius 3 is 2.38 bits per heavy atom. The standard InChI is InChI=1S/C24H24FNO6/c1-32-18-8-5-4-7-17(18)21-20(22(29)15-10-12-16(25)13-11-15)23(30)24(31)26(21)14-6-2-3-9-19(27)28/h4-5,7-8,10-13,21,29H,2-3,6,9,14H2,1H3,(H,27,28)/b22-20-. The fourth-order valence-corrected chi connectivity index (χ4v) is 3.82. The minimum absolute atomic E-state index is 0.0271. The lowest BCUT2D eigenvalue weighted by atomic mass is 9.94. The summed E-state index contributed by atoms with van der Waals surface area (Å²) in [6.45, 7) is 0.201. The Morgan fingerprint density at radius 1 is 1.03 bits per heavy atom. The first-order chi connectivity index (χ1) is 15.3. The van der Waals surface area contributed by atoms with Crippen molar-refractivity contribution in [2.45, 2.75) is 31.7 Å². The van der Waals surface area contributed by atoms with Crippen LogP contribution in [0.4, 0.5) is 4.39 Å². The monoisotopic (exact) mass is 441 g/mol. The van der Waals surface area contributed by atoms with Crippen LogP contribution in [0.1, 0.15) is 42.9 Å². The number of aliphatic carboxylic acids is 1. The molecule has 1 aliphatic rings. The van der Waals surface area contributed by atoms with Crippen molar-refractivity contribution in [2.24, 2.45) is 0 Å². The van der Waals surface area contributed by atoms with E-state index in [1.807, 2.05) is 0 Å². The van der Waals surface area contributed by atoms with Crippen LogP contribution in [-0.2, 0) is 14.4 Å². The number of hydrogen-bond donors (Lipinski definition) is 2. The lowest BCUT2D eigenvalue weighted by Gasteiger charge is -2.26. The van der Waals surface area contributed by atoms with Crippen molar-refractivity contribution >= 4 is 23.4 Å². The number of hydrogen-bond acceptors (Lipinski definition) is 5. The van der Waals surface area contributed by atoms with Gasteiger partial charge in [-0.1, -0.05) is 24.6 Å². The smallest absolute Gasteiger partial charge is 0.303 e. The molecule has 0 spiro atoms. The molecule has 1 fully saturated rings. The maximum atomic E-state index is 13.3. The number of Topliss-reactive ketones (excluding diaryl/α,β-unsaturated/α-hetero) is 1. The molecule has 0 aromatic heterocycles. The van der Waals surface area contributed by atoms with Crippen LogP contribution in [0.2, 0.25) is 0 Å². The number of methoxy groups -OCH3 is 1. The number of benzene rings is 2. The number of aliphatic hydroxyl groups excluding tert-OH is 1. The van der Waals surface area contributed by atoms with Gasteiger partial charge in [0.1, 0.15) is 17.3 Å². The fraction of sp³-hybridized carbons (Fsp3) is 0.292. The molecule has 2 aromatic carbocycles. The summed E-state index contributed by atoms with van der Waals surface area (Å²) in [5.41, 5.74) is 0.644. The third-order valence-corrected chi connectivity index (χ3v) is 5.38. The van der Waals surface area contributed by atoms with Gasteiger partial charge in [0.05, 0.1) is 18.7 Å². The summed E-state index contributed by atoms with van der Waals surface area (Å²) in [6, 6.07) is 11.0. The van der Waals surface area contributed by atoms with Gasteiger partial charge in [-0.15, -0.1) is 0 Å². The molecule has 3 rings (SSSR count). The maximum absolute atomic E-state index is 13.3. The fourth-order valence-electron chi connectivity index (χ4n) is 3.82. The molecule has 1 atom stereocenters. The van der Waals surface area contributed by atoms with Crippen molar-refractivity contribution in [2.75, 3.05) is 13.7 Å². The van der Waals surface area contributed by atoms with Crippen LogP contribution in [0.3, 0.4) is 0 Å². The van der Waals surface area contributed by atoms with Crippen LogP contribution in [0, 0.1) is 5.82 Å². The summed E-state index contributed by atoms with van der Waals surface area (Å²) in [5.74, 6) is -2.94. The third-order valence-electron chi connectivity index (χ3n) is 5.38. The Balaban J connectivity index is 2.02. The number of nitrogens with zero attached hydrogens (tertiary/aromatic N) is 1. The molecule has 1 saturated heterocycles. The number of ketones is 1. The van der Waals surface area contributed by atoms with E-state index in [-0.39, 0.29) is 24.1 Å². The van der Waals surface area contributed by atoms with Gasteiger partial charge in [0.15, 0.2) is 0 Å². The molecule has 8 heteroatoms. The average molecular weight is 441 g/mol. The summed E-state index contributed by atoms with van der Waals surface area (Å²) in [6.07, 6.45) is 1.53. The van der Waals surface area contributed by atoms with Crippen LogP contribution in [0.25, 0.3) is 5.76 Å². The Bertz CT molecular complexity index is 1050. The number of amides is 1. The summed E-state index contributed by atoms with van der Waals surface area (Å²) in [7, 11) is 1.47. The highest BCUT2D eigenvalue weighted by molar-refractivity contribution is 6.46. The molecule has 0 radical (unpaired) electrons. The molecule has 32 heavy (non-hydrogen) atoms. The zero-order chi connectivity index (χ0) is 23.3. The molecule has 2 N–H and O–H groups in total. The Kier molecular flexibility index (Phi) is 7.25. The highest BCUT2D eigenvalue weighted by atomic mass is 19.1. The predicted molar refractivity (Wildman–Crippen MR) is 115 cm³/mol. The predicted octanol–water partition coefficient (Wildman–Crippen LogP) is 3.90. The number of unbranched alkanes of at least 4 members (excludes halogenated alkanes) is 2. The van der Waals surface area contributed by atoms with Crippen LogP contribution in [0.5, 0.6) is 5.75 Å². The molecular weight excluding hydrogens is 417 g/mol. The van der Waals surface area contributed by atoms with Gasteiger partial charge in [0.25, 0.3) is 11.7 Å². The molecule has 0 aliphatic carbocycles. The summed E-state index contributed by atoms with van der Waals surface area (Å²) >= 11 is 0. The molecule has 1 aliphatic heterocycles. The van der Waals surface area contributed by atoms with E-state index in [0.29, 0.717) is 30.6 Å². The summed E-state index contributed by atoms with van der Waals surface area (Å²) in [5, 5.41) is 19.7. The van der Waals surface area contributed by atoms with Crippen molar-refractivity contribution < 1.29 is 33.7 Å². The van der Waals surface area contributed by atoms with Crippen molar-refractivity contribution in [3.8, 4) is 5.75 Å². The second-order valence-corrected chi connectivity index (χ2v) is 7.45. The van der Waals surface area contributed by atoms with E-state index >= 15 is 0 Å². The van der Waals surface area contributed by atoms with Gasteiger partial charge in [-0.25, -0.2) is 4.39 Å². The van der Waals surface area contributed by atoms with Gasteiger partial charge in [-0.2, -0.15) is 0 Å². The van der Waals surface area contributed by atoms with Crippen LogP contribution in [-0.4, -0.2) is 46.4 Å². The quantitative estimate of drug-likeness (QED) is 0.265. The molecule has 2 aromatic rings. The molecule has 0 saturated carbocycles. The van der Waals surface area contributed by atoms with E-state index in [9.17, 15) is 23.9 Å². The normalized spacial score (nSPS) is 17.6. The Hall–Kier alpha value is -3.68. The molecule has 168 valence electrons. The average Bonchev–Trinajstić information content (AvgIpc) is 3.03. The van der Waals surface area contributed by atoms with Crippen molar-refractivity contribution in [3.05, 3.63) is 71.0 Å². The number of para-hydroxylation sites is 1. The number of rotatable bonds is 9. The highest BCUT2D eigenvalue weighted by Crippen LogP contribution is 2.42.